The molecule has 3 N–H and O–H groups in total. The Morgan fingerprint density at radius 3 is 2.51 bits per heavy atom. The quantitative estimate of drug-likeness (QED) is 0.428. The van der Waals surface area contributed by atoms with Crippen molar-refractivity contribution >= 4 is 46.7 Å². The predicted octanol–water partition coefficient (Wildman–Crippen LogP) is 5.33. The number of carbonyl (C=O) groups excluding carboxylic acids is 2. The number of rotatable bonds is 5. The first-order valence-electron chi connectivity index (χ1n) is 13.7. The fourth-order valence-corrected chi connectivity index (χ4v) is 7.75. The summed E-state index contributed by atoms with van der Waals surface area (Å²) in [6.07, 6.45) is 0.919. The largest absolute Gasteiger partial charge is 0.481 e. The first kappa shape index (κ1) is 28.4. The Hall–Kier alpha value is -2.75. The van der Waals surface area contributed by atoms with Crippen molar-refractivity contribution in [3.05, 3.63) is 63.1 Å². The molecule has 2 amide bonds. The van der Waals surface area contributed by atoms with Crippen LogP contribution in [0.2, 0.25) is 10.0 Å². The highest BCUT2D eigenvalue weighted by molar-refractivity contribution is 6.38. The van der Waals surface area contributed by atoms with E-state index in [-0.39, 0.29) is 38.7 Å². The van der Waals surface area contributed by atoms with Gasteiger partial charge < -0.3 is 15.7 Å². The van der Waals surface area contributed by atoms with Crippen LogP contribution in [0.4, 0.5) is 14.5 Å². The molecule has 2 saturated heterocycles. The number of fused-ring (bicyclic) bond motifs is 4. The number of hydrogen-bond acceptors (Lipinski definition) is 4. The van der Waals surface area contributed by atoms with Crippen LogP contribution in [0.1, 0.15) is 56.7 Å². The highest BCUT2D eigenvalue weighted by atomic mass is 35.5. The van der Waals surface area contributed by atoms with Crippen molar-refractivity contribution in [2.45, 2.75) is 68.4 Å². The van der Waals surface area contributed by atoms with Crippen LogP contribution in [0.15, 0.2) is 36.4 Å². The van der Waals surface area contributed by atoms with Gasteiger partial charge in [-0.15, -0.1) is 0 Å². The third-order valence-electron chi connectivity index (χ3n) is 9.40. The summed E-state index contributed by atoms with van der Waals surface area (Å²) < 4.78 is 29.9. The monoisotopic (exact) mass is 605 g/mol. The van der Waals surface area contributed by atoms with E-state index in [9.17, 15) is 28.3 Å². The molecule has 2 aromatic rings. The van der Waals surface area contributed by atoms with E-state index in [0.29, 0.717) is 0 Å². The van der Waals surface area contributed by atoms with E-state index >= 15 is 0 Å². The zero-order valence-corrected chi connectivity index (χ0v) is 24.4. The lowest BCUT2D eigenvalue weighted by Crippen LogP contribution is -2.54. The molecule has 41 heavy (non-hydrogen) atoms. The molecule has 4 aliphatic rings. The molecule has 1 unspecified atom stereocenters. The van der Waals surface area contributed by atoms with Gasteiger partial charge in [-0.25, -0.2) is 8.78 Å². The molecule has 1 spiro atoms. The molecule has 2 aromatic carbocycles. The molecule has 3 aliphatic heterocycles. The molecule has 7 nitrogen and oxygen atoms in total. The number of aliphatic carboxylic acids is 1. The zero-order valence-electron chi connectivity index (χ0n) is 22.9. The second kappa shape index (κ2) is 9.12. The number of carbonyl (C=O) groups is 3. The van der Waals surface area contributed by atoms with E-state index in [0.717, 1.165) is 24.0 Å². The Morgan fingerprint density at radius 1 is 1.17 bits per heavy atom. The summed E-state index contributed by atoms with van der Waals surface area (Å²) >= 11 is 12.6. The Labute approximate surface area is 246 Å². The molecule has 3 fully saturated rings. The van der Waals surface area contributed by atoms with Gasteiger partial charge in [0, 0.05) is 35.0 Å². The molecular weight excluding hydrogens is 575 g/mol. The number of anilines is 1. The number of halogens is 4. The van der Waals surface area contributed by atoms with Crippen LogP contribution >= 0.6 is 23.2 Å². The summed E-state index contributed by atoms with van der Waals surface area (Å²) in [5.74, 6) is -9.17. The van der Waals surface area contributed by atoms with E-state index in [1.165, 1.54) is 17.0 Å². The number of nitrogens with zero attached hydrogens (tertiary/aromatic N) is 1. The van der Waals surface area contributed by atoms with Crippen LogP contribution in [0.25, 0.3) is 0 Å². The molecule has 1 saturated carbocycles. The number of carboxylic acids is 1. The zero-order chi connectivity index (χ0) is 29.7. The SMILES string of the molecule is CC(C)(C)c1cccc(C2(CNC(=O)[C@H]3[C@H]4CC(F)(F)CN4C4(C(=O)Nc5c(Cl)cc(Cl)cc54)[C@H]3C(=O)O)CC2)c1. The maximum Gasteiger partial charge on any atom is 0.310 e. The predicted molar refractivity (Wildman–Crippen MR) is 151 cm³/mol. The van der Waals surface area contributed by atoms with Crippen molar-refractivity contribution in [3.63, 3.8) is 0 Å². The second-order valence-electron chi connectivity index (χ2n) is 13.0. The van der Waals surface area contributed by atoms with Gasteiger partial charge in [-0.3, -0.25) is 19.3 Å². The maximum atomic E-state index is 15.0. The summed E-state index contributed by atoms with van der Waals surface area (Å²) in [6.45, 7) is 5.73. The van der Waals surface area contributed by atoms with Crippen LogP contribution in [-0.2, 0) is 30.8 Å². The number of hydrogen-bond donors (Lipinski definition) is 3. The average Bonchev–Trinajstić information content (AvgIpc) is 3.43. The van der Waals surface area contributed by atoms with Crippen molar-refractivity contribution in [1.29, 1.82) is 0 Å². The molecule has 1 aliphatic carbocycles. The lowest BCUT2D eigenvalue weighted by molar-refractivity contribution is -0.153. The molecular formula is C30H31Cl2F2N3O4. The Balaban J connectivity index is 1.37. The fraction of sp³-hybridized carbons (Fsp3) is 0.500. The van der Waals surface area contributed by atoms with Gasteiger partial charge in [0.15, 0.2) is 0 Å². The molecule has 6 rings (SSSR count). The minimum atomic E-state index is -3.23. The van der Waals surface area contributed by atoms with Gasteiger partial charge in [0.05, 0.1) is 23.2 Å². The lowest BCUT2D eigenvalue weighted by atomic mass is 9.73. The van der Waals surface area contributed by atoms with E-state index in [1.807, 2.05) is 12.1 Å². The van der Waals surface area contributed by atoms with E-state index in [1.54, 1.807) is 0 Å². The summed E-state index contributed by atoms with van der Waals surface area (Å²) in [5, 5.41) is 16.2. The molecule has 218 valence electrons. The maximum absolute atomic E-state index is 15.0. The Bertz CT molecular complexity index is 1490. The van der Waals surface area contributed by atoms with Crippen LogP contribution in [0.3, 0.4) is 0 Å². The number of carboxylic acid groups (broad SMARTS) is 1. The second-order valence-corrected chi connectivity index (χ2v) is 13.8. The summed E-state index contributed by atoms with van der Waals surface area (Å²) in [6, 6.07) is 9.79. The van der Waals surface area contributed by atoms with Crippen molar-refractivity contribution in [2.75, 3.05) is 18.4 Å². The molecule has 0 radical (unpaired) electrons. The molecule has 4 atom stereocenters. The summed E-state index contributed by atoms with van der Waals surface area (Å²) in [5.41, 5.74) is 0.00259. The highest BCUT2D eigenvalue weighted by Crippen LogP contribution is 2.61. The average molecular weight is 606 g/mol. The molecule has 11 heteroatoms. The minimum Gasteiger partial charge on any atom is -0.481 e. The fourth-order valence-electron chi connectivity index (χ4n) is 7.21. The van der Waals surface area contributed by atoms with E-state index in [4.69, 9.17) is 23.2 Å². The van der Waals surface area contributed by atoms with Crippen LogP contribution in [0.5, 0.6) is 0 Å². The van der Waals surface area contributed by atoms with Gasteiger partial charge >= 0.3 is 5.97 Å². The first-order valence-corrected chi connectivity index (χ1v) is 14.4. The smallest absolute Gasteiger partial charge is 0.310 e. The van der Waals surface area contributed by atoms with Gasteiger partial charge in [0.2, 0.25) is 5.91 Å². The minimum absolute atomic E-state index is 0.0606. The topological polar surface area (TPSA) is 98.7 Å². The van der Waals surface area contributed by atoms with E-state index < -0.39 is 60.1 Å². The van der Waals surface area contributed by atoms with Crippen molar-refractivity contribution < 1.29 is 28.3 Å². The normalized spacial score (nSPS) is 29.2. The van der Waals surface area contributed by atoms with Gasteiger partial charge in [0.1, 0.15) is 11.5 Å². The summed E-state index contributed by atoms with van der Waals surface area (Å²) in [7, 11) is 0. The van der Waals surface area contributed by atoms with Gasteiger partial charge in [-0.1, -0.05) is 68.2 Å². The van der Waals surface area contributed by atoms with Gasteiger partial charge in [-0.2, -0.15) is 0 Å². The molecule has 0 bridgehead atoms. The number of benzene rings is 2. The molecule has 0 aromatic heterocycles. The van der Waals surface area contributed by atoms with Crippen molar-refractivity contribution in [1.82, 2.24) is 10.2 Å². The van der Waals surface area contributed by atoms with Gasteiger partial charge in [0.25, 0.3) is 11.8 Å². The number of nitrogens with one attached hydrogen (secondary N) is 2. The standard InChI is InChI=1S/C30H31Cl2F2N3O4/c1-27(2,3)15-5-4-6-16(9-15)28(7-8-28)13-35-24(38)21-20-12-29(33,34)14-37(20)30(22(21)25(39)40)18-10-17(31)11-19(32)23(18)36-26(30)41/h4-6,9-11,20-22H,7-8,12-14H2,1-3H3,(H,35,38)(H,36,41)(H,39,40)/t20-,21+,22-,30?/m1/s1. The number of alkyl halides is 2. The van der Waals surface area contributed by atoms with Crippen molar-refractivity contribution in [3.8, 4) is 0 Å². The Morgan fingerprint density at radius 2 is 1.88 bits per heavy atom. The van der Waals surface area contributed by atoms with Crippen LogP contribution < -0.4 is 10.6 Å². The van der Waals surface area contributed by atoms with Crippen LogP contribution in [0, 0.1) is 11.8 Å². The third kappa shape index (κ3) is 4.26. The highest BCUT2D eigenvalue weighted by Gasteiger charge is 2.74. The lowest BCUT2D eigenvalue weighted by Gasteiger charge is -2.35. The first-order chi connectivity index (χ1) is 19.1. The summed E-state index contributed by atoms with van der Waals surface area (Å²) in [4.78, 5) is 41.7. The van der Waals surface area contributed by atoms with Crippen LogP contribution in [-0.4, -0.2) is 52.8 Å². The molecule has 3 heterocycles. The number of amides is 2. The van der Waals surface area contributed by atoms with Gasteiger partial charge in [-0.05, 0) is 41.5 Å². The Kier molecular flexibility index (Phi) is 6.31. The van der Waals surface area contributed by atoms with E-state index in [2.05, 4.69) is 43.5 Å². The third-order valence-corrected chi connectivity index (χ3v) is 9.92. The van der Waals surface area contributed by atoms with Crippen molar-refractivity contribution in [2.24, 2.45) is 11.8 Å².